The van der Waals surface area contributed by atoms with Gasteiger partial charge >= 0.3 is 0 Å². The van der Waals surface area contributed by atoms with E-state index in [1.165, 1.54) is 10.4 Å². The van der Waals surface area contributed by atoms with Crippen LogP contribution in [0.3, 0.4) is 0 Å². The van der Waals surface area contributed by atoms with Crippen molar-refractivity contribution in [2.24, 2.45) is 5.92 Å². The second kappa shape index (κ2) is 7.64. The SMILES string of the molecule is CC(C)CC(C)N(c1ccc2[nH]ccc2c1)S(=O)(=O)c1ccc(F)c(C#N)c1. The Morgan fingerprint density at radius 3 is 2.57 bits per heavy atom. The number of hydrogen-bond donors (Lipinski definition) is 1. The fraction of sp³-hybridized carbons (Fsp3) is 0.286. The van der Waals surface area contributed by atoms with Crippen molar-refractivity contribution in [3.8, 4) is 6.07 Å². The third-order valence-corrected chi connectivity index (χ3v) is 6.56. The van der Waals surface area contributed by atoms with Crippen LogP contribution in [0.15, 0.2) is 53.6 Å². The van der Waals surface area contributed by atoms with E-state index in [0.29, 0.717) is 12.1 Å². The van der Waals surface area contributed by atoms with Crippen molar-refractivity contribution in [2.45, 2.75) is 38.1 Å². The molecule has 7 heteroatoms. The van der Waals surface area contributed by atoms with Crippen LogP contribution in [0.2, 0.25) is 0 Å². The van der Waals surface area contributed by atoms with Crippen molar-refractivity contribution < 1.29 is 12.8 Å². The lowest BCUT2D eigenvalue weighted by Gasteiger charge is -2.31. The van der Waals surface area contributed by atoms with E-state index in [4.69, 9.17) is 5.26 Å². The first-order valence-electron chi connectivity index (χ1n) is 9.05. The van der Waals surface area contributed by atoms with Gasteiger partial charge in [-0.25, -0.2) is 12.8 Å². The molecule has 28 heavy (non-hydrogen) atoms. The Morgan fingerprint density at radius 1 is 1.14 bits per heavy atom. The molecule has 3 aromatic rings. The van der Waals surface area contributed by atoms with Crippen LogP contribution in [0.1, 0.15) is 32.8 Å². The molecular formula is C21H22FN3O2S. The number of sulfonamides is 1. The minimum absolute atomic E-state index is 0.102. The number of halogens is 1. The first-order chi connectivity index (χ1) is 13.2. The molecule has 0 saturated heterocycles. The number of hydrogen-bond acceptors (Lipinski definition) is 3. The molecular weight excluding hydrogens is 377 g/mol. The summed E-state index contributed by atoms with van der Waals surface area (Å²) in [5.41, 5.74) is 1.15. The summed E-state index contributed by atoms with van der Waals surface area (Å²) >= 11 is 0. The molecule has 0 bridgehead atoms. The Labute approximate surface area is 164 Å². The van der Waals surface area contributed by atoms with Crippen LogP contribution in [-0.2, 0) is 10.0 Å². The van der Waals surface area contributed by atoms with Crippen LogP contribution in [0.5, 0.6) is 0 Å². The number of nitrogens with one attached hydrogen (secondary N) is 1. The molecule has 1 N–H and O–H groups in total. The largest absolute Gasteiger partial charge is 0.361 e. The molecule has 0 fully saturated rings. The van der Waals surface area contributed by atoms with Gasteiger partial charge in [-0.15, -0.1) is 0 Å². The van der Waals surface area contributed by atoms with Crippen LogP contribution in [0.4, 0.5) is 10.1 Å². The highest BCUT2D eigenvalue weighted by atomic mass is 32.2. The molecule has 0 saturated carbocycles. The molecule has 2 aromatic carbocycles. The minimum atomic E-state index is -3.99. The minimum Gasteiger partial charge on any atom is -0.361 e. The first kappa shape index (κ1) is 19.9. The monoisotopic (exact) mass is 399 g/mol. The molecule has 1 atom stereocenters. The Morgan fingerprint density at radius 2 is 1.89 bits per heavy atom. The first-order valence-corrected chi connectivity index (χ1v) is 10.5. The molecule has 5 nitrogen and oxygen atoms in total. The maximum absolute atomic E-state index is 13.7. The normalized spacial score (nSPS) is 12.9. The van der Waals surface area contributed by atoms with Gasteiger partial charge in [0.05, 0.1) is 16.1 Å². The average molecular weight is 399 g/mol. The smallest absolute Gasteiger partial charge is 0.264 e. The molecule has 0 aliphatic carbocycles. The molecule has 3 rings (SSSR count). The number of anilines is 1. The summed E-state index contributed by atoms with van der Waals surface area (Å²) in [6, 6.07) is 12.0. The van der Waals surface area contributed by atoms with Gasteiger partial charge in [-0.3, -0.25) is 4.31 Å². The van der Waals surface area contributed by atoms with Gasteiger partial charge in [0.2, 0.25) is 0 Å². The zero-order valence-electron chi connectivity index (χ0n) is 16.0. The van der Waals surface area contributed by atoms with E-state index >= 15 is 0 Å². The van der Waals surface area contributed by atoms with Gasteiger partial charge in [0, 0.05) is 23.1 Å². The molecule has 0 amide bonds. The van der Waals surface area contributed by atoms with Crippen molar-refractivity contribution in [1.82, 2.24) is 4.98 Å². The van der Waals surface area contributed by atoms with Crippen molar-refractivity contribution in [2.75, 3.05) is 4.31 Å². The number of nitriles is 1. The summed E-state index contributed by atoms with van der Waals surface area (Å²) in [6.07, 6.45) is 2.45. The zero-order chi connectivity index (χ0) is 20.5. The second-order valence-electron chi connectivity index (χ2n) is 7.28. The second-order valence-corrected chi connectivity index (χ2v) is 9.10. The van der Waals surface area contributed by atoms with Gasteiger partial charge in [0.25, 0.3) is 10.0 Å². The standard InChI is InChI=1S/C21H22FN3O2S/c1-14(2)10-15(3)25(18-4-7-21-16(11-18)8-9-24-21)28(26,27)19-5-6-20(22)17(12-19)13-23/h4-9,11-12,14-15,24H,10H2,1-3H3. The van der Waals surface area contributed by atoms with Crippen LogP contribution in [-0.4, -0.2) is 19.4 Å². The molecule has 0 aliphatic rings. The van der Waals surface area contributed by atoms with E-state index in [0.717, 1.165) is 23.0 Å². The van der Waals surface area contributed by atoms with Crippen LogP contribution in [0.25, 0.3) is 10.9 Å². The Kier molecular flexibility index (Phi) is 5.43. The van der Waals surface area contributed by atoms with Crippen LogP contribution in [0, 0.1) is 23.1 Å². The van der Waals surface area contributed by atoms with Gasteiger partial charge in [0.1, 0.15) is 11.9 Å². The summed E-state index contributed by atoms with van der Waals surface area (Å²) < 4.78 is 42.1. The Hall–Kier alpha value is -2.85. The predicted molar refractivity (Wildman–Crippen MR) is 108 cm³/mol. The maximum atomic E-state index is 13.7. The lowest BCUT2D eigenvalue weighted by molar-refractivity contribution is 0.509. The number of fused-ring (bicyclic) bond motifs is 1. The summed E-state index contributed by atoms with van der Waals surface area (Å²) in [5.74, 6) is -0.455. The van der Waals surface area contributed by atoms with Gasteiger partial charge in [0.15, 0.2) is 0 Å². The lowest BCUT2D eigenvalue weighted by Crippen LogP contribution is -2.39. The highest BCUT2D eigenvalue weighted by Crippen LogP contribution is 2.31. The Bertz CT molecular complexity index is 1150. The van der Waals surface area contributed by atoms with Crippen molar-refractivity contribution in [1.29, 1.82) is 5.26 Å². The summed E-state index contributed by atoms with van der Waals surface area (Å²) in [4.78, 5) is 2.99. The number of nitrogens with zero attached hydrogens (tertiary/aromatic N) is 2. The highest BCUT2D eigenvalue weighted by molar-refractivity contribution is 7.92. The van der Waals surface area contributed by atoms with E-state index in [2.05, 4.69) is 4.98 Å². The van der Waals surface area contributed by atoms with Crippen LogP contribution < -0.4 is 4.31 Å². The van der Waals surface area contributed by atoms with Crippen molar-refractivity contribution in [3.63, 3.8) is 0 Å². The van der Waals surface area contributed by atoms with E-state index in [1.54, 1.807) is 18.3 Å². The molecule has 0 spiro atoms. The number of H-pyrrole nitrogens is 1. The van der Waals surface area contributed by atoms with Gasteiger partial charge in [-0.05, 0) is 61.7 Å². The van der Waals surface area contributed by atoms with E-state index in [9.17, 15) is 12.8 Å². The number of aromatic amines is 1. The Balaban J connectivity index is 2.16. The molecule has 1 heterocycles. The van der Waals surface area contributed by atoms with E-state index < -0.39 is 15.8 Å². The molecule has 146 valence electrons. The van der Waals surface area contributed by atoms with Crippen molar-refractivity contribution in [3.05, 3.63) is 60.0 Å². The molecule has 0 aliphatic heterocycles. The van der Waals surface area contributed by atoms with Gasteiger partial charge < -0.3 is 4.98 Å². The summed E-state index contributed by atoms with van der Waals surface area (Å²) in [6.45, 7) is 5.91. The van der Waals surface area contributed by atoms with Gasteiger partial charge in [-0.2, -0.15) is 5.26 Å². The highest BCUT2D eigenvalue weighted by Gasteiger charge is 2.30. The lowest BCUT2D eigenvalue weighted by atomic mass is 10.0. The summed E-state index contributed by atoms with van der Waals surface area (Å²) in [7, 11) is -3.99. The number of rotatable bonds is 6. The average Bonchev–Trinajstić information content (AvgIpc) is 3.09. The molecule has 1 aromatic heterocycles. The van der Waals surface area contributed by atoms with E-state index in [-0.39, 0.29) is 22.4 Å². The topological polar surface area (TPSA) is 77.0 Å². The maximum Gasteiger partial charge on any atom is 0.264 e. The number of benzene rings is 2. The van der Waals surface area contributed by atoms with E-state index in [1.807, 2.05) is 39.0 Å². The number of aromatic nitrogens is 1. The quantitative estimate of drug-likeness (QED) is 0.646. The third-order valence-electron chi connectivity index (χ3n) is 4.62. The fourth-order valence-electron chi connectivity index (χ4n) is 3.45. The van der Waals surface area contributed by atoms with Crippen molar-refractivity contribution >= 4 is 26.6 Å². The van der Waals surface area contributed by atoms with Crippen LogP contribution >= 0.6 is 0 Å². The van der Waals surface area contributed by atoms with Gasteiger partial charge in [-0.1, -0.05) is 13.8 Å². The zero-order valence-corrected chi connectivity index (χ0v) is 16.8. The molecule has 0 radical (unpaired) electrons. The predicted octanol–water partition coefficient (Wildman–Crippen LogP) is 4.81. The third kappa shape index (κ3) is 3.73. The fourth-order valence-corrected chi connectivity index (χ4v) is 5.13. The molecule has 1 unspecified atom stereocenters. The summed E-state index contributed by atoms with van der Waals surface area (Å²) in [5, 5.41) is 9.98.